The zero-order valence-electron chi connectivity index (χ0n) is 9.79. The molecule has 0 aliphatic carbocycles. The summed E-state index contributed by atoms with van der Waals surface area (Å²) in [5.74, 6) is 0.524. The van der Waals surface area contributed by atoms with Gasteiger partial charge in [-0.05, 0) is 25.3 Å². The molecule has 4 nitrogen and oxygen atoms in total. The van der Waals surface area contributed by atoms with Crippen molar-refractivity contribution >= 4 is 23.2 Å². The number of carbonyl (C=O) groups is 1. The molecule has 0 radical (unpaired) electrons. The van der Waals surface area contributed by atoms with E-state index < -0.39 is 0 Å². The van der Waals surface area contributed by atoms with Crippen LogP contribution in [0, 0.1) is 0 Å². The quantitative estimate of drug-likeness (QED) is 0.781. The Morgan fingerprint density at radius 1 is 1.65 bits per heavy atom. The smallest absolute Gasteiger partial charge is 0.338 e. The number of fused-ring (bicyclic) bond motifs is 1. The number of carbonyl (C=O) groups excluding carboxylic acids is 1. The Kier molecular flexibility index (Phi) is 3.68. The molecular weight excluding hydrogens is 236 g/mol. The number of nitrogens with zero attached hydrogens (tertiary/aromatic N) is 2. The number of hydrogen-bond acceptors (Lipinski definition) is 4. The maximum atomic E-state index is 11.8. The Hall–Kier alpha value is -1.49. The average Bonchev–Trinajstić information content (AvgIpc) is 2.75. The van der Waals surface area contributed by atoms with Crippen LogP contribution in [-0.4, -0.2) is 33.5 Å². The van der Waals surface area contributed by atoms with Crippen molar-refractivity contribution in [3.05, 3.63) is 36.4 Å². The van der Waals surface area contributed by atoms with E-state index in [1.165, 1.54) is 0 Å². The van der Waals surface area contributed by atoms with Crippen LogP contribution in [0.15, 0.2) is 30.9 Å². The molecule has 0 aliphatic rings. The van der Waals surface area contributed by atoms with Crippen molar-refractivity contribution in [1.82, 2.24) is 9.38 Å². The van der Waals surface area contributed by atoms with Crippen LogP contribution in [0.3, 0.4) is 0 Å². The summed E-state index contributed by atoms with van der Waals surface area (Å²) in [6.07, 6.45) is 7.13. The van der Waals surface area contributed by atoms with Crippen LogP contribution in [0.5, 0.6) is 0 Å². The Balaban J connectivity index is 2.13. The maximum absolute atomic E-state index is 11.8. The lowest BCUT2D eigenvalue weighted by atomic mass is 10.2. The number of pyridine rings is 1. The number of rotatable bonds is 4. The Labute approximate surface area is 104 Å². The van der Waals surface area contributed by atoms with Gasteiger partial charge in [0.2, 0.25) is 0 Å². The van der Waals surface area contributed by atoms with Gasteiger partial charge in [-0.15, -0.1) is 0 Å². The molecule has 2 heterocycles. The van der Waals surface area contributed by atoms with Crippen molar-refractivity contribution in [2.24, 2.45) is 0 Å². The van der Waals surface area contributed by atoms with Gasteiger partial charge in [-0.2, -0.15) is 11.8 Å². The SMILES string of the molecule is CSC[C@H](C)OC(=O)c1ccn2cncc2c1. The highest BCUT2D eigenvalue weighted by Gasteiger charge is 2.12. The Morgan fingerprint density at radius 3 is 3.24 bits per heavy atom. The van der Waals surface area contributed by atoms with Gasteiger partial charge in [-0.3, -0.25) is 0 Å². The Morgan fingerprint density at radius 2 is 2.47 bits per heavy atom. The first-order valence-electron chi connectivity index (χ1n) is 5.32. The lowest BCUT2D eigenvalue weighted by Gasteiger charge is -2.11. The molecule has 2 aromatic heterocycles. The van der Waals surface area contributed by atoms with Crippen molar-refractivity contribution in [3.8, 4) is 0 Å². The summed E-state index contributed by atoms with van der Waals surface area (Å²) in [6.45, 7) is 1.89. The largest absolute Gasteiger partial charge is 0.458 e. The van der Waals surface area contributed by atoms with Crippen molar-refractivity contribution in [2.75, 3.05) is 12.0 Å². The van der Waals surface area contributed by atoms with Gasteiger partial charge in [0.15, 0.2) is 0 Å². The normalized spacial score (nSPS) is 12.6. The third-order valence-corrected chi connectivity index (χ3v) is 3.16. The van der Waals surface area contributed by atoms with E-state index in [0.717, 1.165) is 11.3 Å². The van der Waals surface area contributed by atoms with Crippen LogP contribution in [0.25, 0.3) is 5.52 Å². The molecule has 0 aromatic carbocycles. The van der Waals surface area contributed by atoms with Gasteiger partial charge in [0.25, 0.3) is 0 Å². The highest BCUT2D eigenvalue weighted by Crippen LogP contribution is 2.10. The molecule has 0 N–H and O–H groups in total. The second kappa shape index (κ2) is 5.23. The fourth-order valence-corrected chi connectivity index (χ4v) is 2.10. The molecular formula is C12H14N2O2S. The predicted molar refractivity (Wildman–Crippen MR) is 68.5 cm³/mol. The van der Waals surface area contributed by atoms with Crippen molar-refractivity contribution in [3.63, 3.8) is 0 Å². The number of aromatic nitrogens is 2. The zero-order chi connectivity index (χ0) is 12.3. The van der Waals surface area contributed by atoms with E-state index in [9.17, 15) is 4.79 Å². The zero-order valence-corrected chi connectivity index (χ0v) is 10.6. The first-order chi connectivity index (χ1) is 8.20. The molecule has 5 heteroatoms. The summed E-state index contributed by atoms with van der Waals surface area (Å²) in [4.78, 5) is 15.8. The number of ether oxygens (including phenoxy) is 1. The molecule has 0 spiro atoms. The van der Waals surface area contributed by atoms with Crippen molar-refractivity contribution in [2.45, 2.75) is 13.0 Å². The standard InChI is InChI=1S/C12H14N2O2S/c1-9(7-17-2)16-12(15)10-3-4-14-8-13-6-11(14)5-10/h3-6,8-9H,7H2,1-2H3/t9-/m0/s1. The monoisotopic (exact) mass is 250 g/mol. The van der Waals surface area contributed by atoms with Crippen LogP contribution < -0.4 is 0 Å². The number of thioether (sulfide) groups is 1. The van der Waals surface area contributed by atoms with E-state index in [0.29, 0.717) is 5.56 Å². The van der Waals surface area contributed by atoms with Crippen LogP contribution in [0.2, 0.25) is 0 Å². The Bertz CT molecular complexity index is 524. The molecule has 17 heavy (non-hydrogen) atoms. The van der Waals surface area contributed by atoms with E-state index in [1.807, 2.05) is 17.6 Å². The summed E-state index contributed by atoms with van der Waals surface area (Å²) >= 11 is 1.66. The number of imidazole rings is 1. The van der Waals surface area contributed by atoms with E-state index in [-0.39, 0.29) is 12.1 Å². The van der Waals surface area contributed by atoms with Gasteiger partial charge in [-0.1, -0.05) is 0 Å². The summed E-state index contributed by atoms with van der Waals surface area (Å²) in [6, 6.07) is 3.52. The van der Waals surface area contributed by atoms with Gasteiger partial charge in [-0.25, -0.2) is 9.78 Å². The third kappa shape index (κ3) is 2.79. The molecule has 0 saturated carbocycles. The highest BCUT2D eigenvalue weighted by atomic mass is 32.2. The van der Waals surface area contributed by atoms with E-state index >= 15 is 0 Å². The first kappa shape index (κ1) is 12.0. The minimum Gasteiger partial charge on any atom is -0.458 e. The third-order valence-electron chi connectivity index (χ3n) is 2.36. The van der Waals surface area contributed by atoms with Crippen molar-refractivity contribution < 1.29 is 9.53 Å². The molecule has 2 rings (SSSR count). The lowest BCUT2D eigenvalue weighted by molar-refractivity contribution is 0.0386. The molecule has 0 fully saturated rings. The molecule has 0 bridgehead atoms. The van der Waals surface area contributed by atoms with Crippen LogP contribution in [0.4, 0.5) is 0 Å². The lowest BCUT2D eigenvalue weighted by Crippen LogP contribution is -2.17. The summed E-state index contributed by atoms with van der Waals surface area (Å²) in [5, 5.41) is 0. The van der Waals surface area contributed by atoms with Crippen LogP contribution in [0.1, 0.15) is 17.3 Å². The van der Waals surface area contributed by atoms with Crippen molar-refractivity contribution in [1.29, 1.82) is 0 Å². The van der Waals surface area contributed by atoms with Gasteiger partial charge >= 0.3 is 5.97 Å². The summed E-state index contributed by atoms with van der Waals surface area (Å²) in [5.41, 5.74) is 1.45. The van der Waals surface area contributed by atoms with Gasteiger partial charge < -0.3 is 9.14 Å². The summed E-state index contributed by atoms with van der Waals surface area (Å²) in [7, 11) is 0. The second-order valence-electron chi connectivity index (χ2n) is 3.81. The maximum Gasteiger partial charge on any atom is 0.338 e. The van der Waals surface area contributed by atoms with Gasteiger partial charge in [0.05, 0.1) is 23.6 Å². The second-order valence-corrected chi connectivity index (χ2v) is 4.72. The minimum atomic E-state index is -0.282. The van der Waals surface area contributed by atoms with Crippen LogP contribution >= 0.6 is 11.8 Å². The topological polar surface area (TPSA) is 43.6 Å². The molecule has 0 saturated heterocycles. The van der Waals surface area contributed by atoms with Gasteiger partial charge in [0, 0.05) is 11.9 Å². The molecule has 0 amide bonds. The highest BCUT2D eigenvalue weighted by molar-refractivity contribution is 7.98. The molecule has 90 valence electrons. The fourth-order valence-electron chi connectivity index (χ4n) is 1.57. The molecule has 0 unspecified atom stereocenters. The summed E-state index contributed by atoms with van der Waals surface area (Å²) < 4.78 is 7.16. The molecule has 2 aromatic rings. The van der Waals surface area contributed by atoms with E-state index in [2.05, 4.69) is 4.98 Å². The minimum absolute atomic E-state index is 0.0707. The fraction of sp³-hybridized carbons (Fsp3) is 0.333. The van der Waals surface area contributed by atoms with Crippen LogP contribution in [-0.2, 0) is 4.74 Å². The first-order valence-corrected chi connectivity index (χ1v) is 6.71. The molecule has 1 atom stereocenters. The van der Waals surface area contributed by atoms with Gasteiger partial charge in [0.1, 0.15) is 6.10 Å². The molecule has 0 aliphatic heterocycles. The number of hydrogen-bond donors (Lipinski definition) is 0. The van der Waals surface area contributed by atoms with E-state index in [1.54, 1.807) is 42.6 Å². The number of esters is 1. The van der Waals surface area contributed by atoms with E-state index in [4.69, 9.17) is 4.74 Å². The predicted octanol–water partition coefficient (Wildman–Crippen LogP) is 2.24. The average molecular weight is 250 g/mol.